The van der Waals surface area contributed by atoms with Crippen LogP contribution in [0.4, 0.5) is 5.69 Å². The minimum atomic E-state index is -0.484. The monoisotopic (exact) mass is 300 g/mol. The van der Waals surface area contributed by atoms with E-state index in [0.717, 1.165) is 25.7 Å². The highest BCUT2D eigenvalue weighted by molar-refractivity contribution is 5.95. The molecule has 1 amide bonds. The van der Waals surface area contributed by atoms with Crippen molar-refractivity contribution in [3.63, 3.8) is 0 Å². The van der Waals surface area contributed by atoms with Gasteiger partial charge in [0.1, 0.15) is 5.69 Å². The third kappa shape index (κ3) is 2.83. The average Bonchev–Trinajstić information content (AvgIpc) is 3.19. The van der Waals surface area contributed by atoms with Gasteiger partial charge in [-0.1, -0.05) is 12.8 Å². The Morgan fingerprint density at radius 3 is 2.77 bits per heavy atom. The van der Waals surface area contributed by atoms with Gasteiger partial charge in [0.15, 0.2) is 0 Å². The Balaban J connectivity index is 1.88. The number of hydrogen-bond acceptors (Lipinski definition) is 4. The first kappa shape index (κ1) is 14.2. The van der Waals surface area contributed by atoms with Gasteiger partial charge < -0.3 is 9.88 Å². The molecule has 3 rings (SSSR count). The number of rotatable bonds is 4. The first-order chi connectivity index (χ1) is 10.6. The molecule has 1 heterocycles. The molecule has 114 valence electrons. The summed E-state index contributed by atoms with van der Waals surface area (Å²) in [7, 11) is 0. The second-order valence-corrected chi connectivity index (χ2v) is 5.39. The maximum Gasteiger partial charge on any atom is 0.294 e. The maximum absolute atomic E-state index is 12.2. The molecule has 7 heteroatoms. The summed E-state index contributed by atoms with van der Waals surface area (Å²) >= 11 is 0. The van der Waals surface area contributed by atoms with Crippen molar-refractivity contribution < 1.29 is 9.72 Å². The molecule has 1 aromatic carbocycles. The van der Waals surface area contributed by atoms with E-state index in [2.05, 4.69) is 10.3 Å². The van der Waals surface area contributed by atoms with Crippen molar-refractivity contribution in [1.29, 1.82) is 0 Å². The van der Waals surface area contributed by atoms with Crippen LogP contribution in [0.2, 0.25) is 0 Å². The van der Waals surface area contributed by atoms with Crippen LogP contribution in [-0.2, 0) is 0 Å². The van der Waals surface area contributed by atoms with E-state index in [1.54, 1.807) is 29.1 Å². The number of nitro benzene ring substituents is 1. The van der Waals surface area contributed by atoms with Crippen molar-refractivity contribution in [3.8, 4) is 5.69 Å². The van der Waals surface area contributed by atoms with Gasteiger partial charge in [0.05, 0.1) is 11.3 Å². The number of benzene rings is 1. The zero-order valence-electron chi connectivity index (χ0n) is 11.9. The topological polar surface area (TPSA) is 90.1 Å². The summed E-state index contributed by atoms with van der Waals surface area (Å²) in [5, 5.41) is 14.2. The van der Waals surface area contributed by atoms with Gasteiger partial charge in [0.25, 0.3) is 11.6 Å². The van der Waals surface area contributed by atoms with Gasteiger partial charge in [0.2, 0.25) is 0 Å². The van der Waals surface area contributed by atoms with E-state index in [0.29, 0.717) is 11.3 Å². The van der Waals surface area contributed by atoms with E-state index in [-0.39, 0.29) is 17.6 Å². The van der Waals surface area contributed by atoms with Crippen LogP contribution in [0.5, 0.6) is 0 Å². The molecule has 0 atom stereocenters. The molecule has 0 radical (unpaired) electrons. The van der Waals surface area contributed by atoms with Crippen LogP contribution in [-0.4, -0.2) is 26.4 Å². The molecule has 7 nitrogen and oxygen atoms in total. The predicted molar refractivity (Wildman–Crippen MR) is 79.9 cm³/mol. The molecule has 0 saturated heterocycles. The van der Waals surface area contributed by atoms with Crippen LogP contribution >= 0.6 is 0 Å². The Labute approximate surface area is 127 Å². The highest BCUT2D eigenvalue weighted by Crippen LogP contribution is 2.25. The number of nitro groups is 1. The Morgan fingerprint density at radius 1 is 1.36 bits per heavy atom. The summed E-state index contributed by atoms with van der Waals surface area (Å²) in [4.78, 5) is 26.9. The Morgan fingerprint density at radius 2 is 2.14 bits per heavy atom. The molecule has 1 aliphatic rings. The normalized spacial score (nSPS) is 14.9. The number of nitrogens with zero attached hydrogens (tertiary/aromatic N) is 3. The lowest BCUT2D eigenvalue weighted by molar-refractivity contribution is -0.384. The number of aromatic nitrogens is 2. The van der Waals surface area contributed by atoms with E-state index < -0.39 is 4.92 Å². The van der Waals surface area contributed by atoms with E-state index in [4.69, 9.17) is 0 Å². The number of carbonyl (C=O) groups is 1. The molecule has 1 saturated carbocycles. The molecule has 0 bridgehead atoms. The summed E-state index contributed by atoms with van der Waals surface area (Å²) in [6, 6.07) is 4.68. The van der Waals surface area contributed by atoms with E-state index in [1.807, 2.05) is 0 Å². The molecule has 1 aromatic heterocycles. The first-order valence-electron chi connectivity index (χ1n) is 7.23. The third-order valence-corrected chi connectivity index (χ3v) is 3.91. The lowest BCUT2D eigenvalue weighted by Crippen LogP contribution is -2.32. The largest absolute Gasteiger partial charge is 0.349 e. The van der Waals surface area contributed by atoms with Crippen molar-refractivity contribution in [3.05, 3.63) is 52.6 Å². The maximum atomic E-state index is 12.2. The van der Waals surface area contributed by atoms with Gasteiger partial charge in [0, 0.05) is 30.1 Å². The van der Waals surface area contributed by atoms with Crippen LogP contribution in [0, 0.1) is 10.1 Å². The fourth-order valence-corrected chi connectivity index (χ4v) is 2.77. The molecular weight excluding hydrogens is 284 g/mol. The molecule has 0 spiro atoms. The fourth-order valence-electron chi connectivity index (χ4n) is 2.77. The Hall–Kier alpha value is -2.70. The lowest BCUT2D eigenvalue weighted by Gasteiger charge is -2.12. The molecule has 0 unspecified atom stereocenters. The van der Waals surface area contributed by atoms with Gasteiger partial charge in [-0.25, -0.2) is 4.98 Å². The first-order valence-corrected chi connectivity index (χ1v) is 7.23. The Bertz CT molecular complexity index is 691. The van der Waals surface area contributed by atoms with Crippen molar-refractivity contribution in [1.82, 2.24) is 14.9 Å². The molecule has 22 heavy (non-hydrogen) atoms. The van der Waals surface area contributed by atoms with Crippen LogP contribution in [0.1, 0.15) is 36.0 Å². The van der Waals surface area contributed by atoms with E-state index in [1.165, 1.54) is 12.4 Å². The van der Waals surface area contributed by atoms with Gasteiger partial charge in [-0.15, -0.1) is 0 Å². The number of nitrogens with one attached hydrogen (secondary N) is 1. The van der Waals surface area contributed by atoms with Crippen molar-refractivity contribution in [2.45, 2.75) is 31.7 Å². The molecule has 1 aliphatic carbocycles. The lowest BCUT2D eigenvalue weighted by atomic mass is 10.1. The summed E-state index contributed by atoms with van der Waals surface area (Å²) in [5.74, 6) is -0.257. The number of hydrogen-bond donors (Lipinski definition) is 1. The summed E-state index contributed by atoms with van der Waals surface area (Å²) < 4.78 is 1.55. The third-order valence-electron chi connectivity index (χ3n) is 3.91. The number of carbonyl (C=O) groups excluding carboxylic acids is 1. The minimum absolute atomic E-state index is 0.114. The van der Waals surface area contributed by atoms with Crippen molar-refractivity contribution >= 4 is 11.6 Å². The SMILES string of the molecule is O=C(NC1CCCC1)c1ccc(-n2ccnc2)c([N+](=O)[O-])c1. The summed E-state index contributed by atoms with van der Waals surface area (Å²) in [5.41, 5.74) is 0.583. The number of imidazole rings is 1. The van der Waals surface area contributed by atoms with Crippen LogP contribution < -0.4 is 5.32 Å². The fraction of sp³-hybridized carbons (Fsp3) is 0.333. The standard InChI is InChI=1S/C15H16N4O3/c20-15(17-12-3-1-2-4-12)11-5-6-13(14(9-11)19(21)22)18-8-7-16-10-18/h5-10,12H,1-4H2,(H,17,20). The average molecular weight is 300 g/mol. The van der Waals surface area contributed by atoms with Crippen LogP contribution in [0.25, 0.3) is 5.69 Å². The highest BCUT2D eigenvalue weighted by atomic mass is 16.6. The summed E-state index contributed by atoms with van der Waals surface area (Å²) in [6.07, 6.45) is 8.84. The smallest absolute Gasteiger partial charge is 0.294 e. The van der Waals surface area contributed by atoms with Gasteiger partial charge in [-0.2, -0.15) is 0 Å². The highest BCUT2D eigenvalue weighted by Gasteiger charge is 2.21. The molecule has 1 N–H and O–H groups in total. The predicted octanol–water partition coefficient (Wildman–Crippen LogP) is 2.45. The van der Waals surface area contributed by atoms with E-state index >= 15 is 0 Å². The zero-order valence-corrected chi connectivity index (χ0v) is 11.9. The van der Waals surface area contributed by atoms with Gasteiger partial charge in [-0.05, 0) is 25.0 Å². The second-order valence-electron chi connectivity index (χ2n) is 5.39. The zero-order chi connectivity index (χ0) is 15.5. The van der Waals surface area contributed by atoms with Crippen LogP contribution in [0.3, 0.4) is 0 Å². The Kier molecular flexibility index (Phi) is 3.86. The minimum Gasteiger partial charge on any atom is -0.349 e. The molecule has 1 fully saturated rings. The molecule has 0 aliphatic heterocycles. The molecular formula is C15H16N4O3. The van der Waals surface area contributed by atoms with Gasteiger partial charge >= 0.3 is 0 Å². The quantitative estimate of drug-likeness (QED) is 0.693. The summed E-state index contributed by atoms with van der Waals surface area (Å²) in [6.45, 7) is 0. The van der Waals surface area contributed by atoms with Crippen molar-refractivity contribution in [2.24, 2.45) is 0 Å². The second kappa shape index (κ2) is 5.97. The number of amides is 1. The van der Waals surface area contributed by atoms with Gasteiger partial charge in [-0.3, -0.25) is 14.9 Å². The van der Waals surface area contributed by atoms with Crippen molar-refractivity contribution in [2.75, 3.05) is 0 Å². The molecule has 2 aromatic rings. The van der Waals surface area contributed by atoms with Crippen LogP contribution in [0.15, 0.2) is 36.9 Å². The van der Waals surface area contributed by atoms with E-state index in [9.17, 15) is 14.9 Å².